The molecule has 0 saturated carbocycles. The standard InChI is InChI=1S/C12H17F2NO/c1-11(2,15)8-12(13,14)9-5-4-6-10(7-9)16-3/h4-7H,8,15H2,1-3H3. The van der Waals surface area contributed by atoms with Crippen molar-refractivity contribution in [3.63, 3.8) is 0 Å². The van der Waals surface area contributed by atoms with E-state index >= 15 is 0 Å². The fourth-order valence-corrected chi connectivity index (χ4v) is 1.52. The van der Waals surface area contributed by atoms with Gasteiger partial charge in [0.1, 0.15) is 5.75 Å². The van der Waals surface area contributed by atoms with Crippen LogP contribution in [0, 0.1) is 0 Å². The Morgan fingerprint density at radius 2 is 1.94 bits per heavy atom. The van der Waals surface area contributed by atoms with Crippen molar-refractivity contribution in [2.24, 2.45) is 5.73 Å². The summed E-state index contributed by atoms with van der Waals surface area (Å²) >= 11 is 0. The summed E-state index contributed by atoms with van der Waals surface area (Å²) in [5.74, 6) is -2.51. The number of hydrogen-bond acceptors (Lipinski definition) is 2. The summed E-state index contributed by atoms with van der Waals surface area (Å²) in [6.45, 7) is 3.17. The van der Waals surface area contributed by atoms with E-state index in [1.807, 2.05) is 0 Å². The van der Waals surface area contributed by atoms with Gasteiger partial charge in [-0.05, 0) is 26.0 Å². The van der Waals surface area contributed by atoms with Gasteiger partial charge in [-0.2, -0.15) is 0 Å². The van der Waals surface area contributed by atoms with Crippen molar-refractivity contribution in [2.45, 2.75) is 31.7 Å². The molecule has 90 valence electrons. The normalized spacial score (nSPS) is 12.6. The van der Waals surface area contributed by atoms with Crippen molar-refractivity contribution >= 4 is 0 Å². The van der Waals surface area contributed by atoms with Crippen LogP contribution in [-0.4, -0.2) is 12.6 Å². The van der Waals surface area contributed by atoms with E-state index < -0.39 is 17.9 Å². The highest BCUT2D eigenvalue weighted by Gasteiger charge is 2.36. The molecule has 0 bridgehead atoms. The van der Waals surface area contributed by atoms with Crippen molar-refractivity contribution in [1.29, 1.82) is 0 Å². The van der Waals surface area contributed by atoms with E-state index in [2.05, 4.69) is 0 Å². The predicted octanol–water partition coefficient (Wildman–Crippen LogP) is 2.91. The Kier molecular flexibility index (Phi) is 3.53. The third kappa shape index (κ3) is 3.45. The van der Waals surface area contributed by atoms with Crippen LogP contribution in [0.5, 0.6) is 5.75 Å². The third-order valence-corrected chi connectivity index (χ3v) is 2.17. The van der Waals surface area contributed by atoms with Crippen LogP contribution in [0.2, 0.25) is 0 Å². The van der Waals surface area contributed by atoms with Crippen LogP contribution >= 0.6 is 0 Å². The minimum Gasteiger partial charge on any atom is -0.497 e. The Balaban J connectivity index is 2.97. The van der Waals surface area contributed by atoms with Crippen molar-refractivity contribution in [3.05, 3.63) is 29.8 Å². The summed E-state index contributed by atoms with van der Waals surface area (Å²) in [5, 5.41) is 0. The number of hydrogen-bond donors (Lipinski definition) is 1. The van der Waals surface area contributed by atoms with Crippen LogP contribution < -0.4 is 10.5 Å². The van der Waals surface area contributed by atoms with Crippen molar-refractivity contribution in [1.82, 2.24) is 0 Å². The molecule has 0 fully saturated rings. The molecule has 0 radical (unpaired) electrons. The Hall–Kier alpha value is -1.16. The molecule has 0 atom stereocenters. The quantitative estimate of drug-likeness (QED) is 0.861. The predicted molar refractivity (Wildman–Crippen MR) is 59.8 cm³/mol. The first-order chi connectivity index (χ1) is 7.24. The second-order valence-corrected chi connectivity index (χ2v) is 4.60. The van der Waals surface area contributed by atoms with Gasteiger partial charge in [-0.3, -0.25) is 0 Å². The highest BCUT2D eigenvalue weighted by Crippen LogP contribution is 2.36. The van der Waals surface area contributed by atoms with Gasteiger partial charge >= 0.3 is 0 Å². The summed E-state index contributed by atoms with van der Waals surface area (Å²) < 4.78 is 32.6. The summed E-state index contributed by atoms with van der Waals surface area (Å²) in [4.78, 5) is 0. The zero-order valence-electron chi connectivity index (χ0n) is 9.76. The molecule has 0 aliphatic heterocycles. The van der Waals surface area contributed by atoms with E-state index in [1.54, 1.807) is 26.0 Å². The second-order valence-electron chi connectivity index (χ2n) is 4.60. The molecule has 0 aliphatic rings. The molecule has 0 aliphatic carbocycles. The molecule has 0 aromatic heterocycles. The average molecular weight is 229 g/mol. The molecule has 4 heteroatoms. The molecular formula is C12H17F2NO. The van der Waals surface area contributed by atoms with E-state index in [4.69, 9.17) is 10.5 Å². The average Bonchev–Trinajstić information content (AvgIpc) is 2.14. The first-order valence-corrected chi connectivity index (χ1v) is 5.06. The molecular weight excluding hydrogens is 212 g/mol. The van der Waals surface area contributed by atoms with Gasteiger partial charge in [-0.1, -0.05) is 12.1 Å². The van der Waals surface area contributed by atoms with Gasteiger partial charge in [0, 0.05) is 17.5 Å². The van der Waals surface area contributed by atoms with Gasteiger partial charge in [0.05, 0.1) is 7.11 Å². The largest absolute Gasteiger partial charge is 0.497 e. The number of nitrogens with two attached hydrogens (primary N) is 1. The summed E-state index contributed by atoms with van der Waals surface area (Å²) in [6, 6.07) is 5.90. The number of rotatable bonds is 4. The maximum absolute atomic E-state index is 13.8. The maximum atomic E-state index is 13.8. The van der Waals surface area contributed by atoms with E-state index in [0.717, 1.165) is 0 Å². The zero-order valence-corrected chi connectivity index (χ0v) is 9.76. The molecule has 2 nitrogen and oxygen atoms in total. The molecule has 1 rings (SSSR count). The van der Waals surface area contributed by atoms with Crippen LogP contribution in [0.25, 0.3) is 0 Å². The third-order valence-electron chi connectivity index (χ3n) is 2.17. The number of benzene rings is 1. The molecule has 0 saturated heterocycles. The summed E-state index contributed by atoms with van der Waals surface area (Å²) in [7, 11) is 1.45. The number of alkyl halides is 2. The molecule has 1 aromatic rings. The van der Waals surface area contributed by atoms with Crippen LogP contribution in [0.15, 0.2) is 24.3 Å². The Bertz CT molecular complexity index is 358. The Labute approximate surface area is 94.4 Å². The van der Waals surface area contributed by atoms with E-state index in [1.165, 1.54) is 19.2 Å². The van der Waals surface area contributed by atoms with Gasteiger partial charge in [0.25, 0.3) is 5.92 Å². The van der Waals surface area contributed by atoms with Crippen LogP contribution in [0.1, 0.15) is 25.8 Å². The fraction of sp³-hybridized carbons (Fsp3) is 0.500. The van der Waals surface area contributed by atoms with Crippen LogP contribution in [-0.2, 0) is 5.92 Å². The van der Waals surface area contributed by atoms with Crippen molar-refractivity contribution < 1.29 is 13.5 Å². The van der Waals surface area contributed by atoms with Crippen LogP contribution in [0.3, 0.4) is 0 Å². The van der Waals surface area contributed by atoms with Crippen molar-refractivity contribution in [3.8, 4) is 5.75 Å². The maximum Gasteiger partial charge on any atom is 0.275 e. The summed E-state index contributed by atoms with van der Waals surface area (Å²) in [6.07, 6.45) is -0.396. The fourth-order valence-electron chi connectivity index (χ4n) is 1.52. The molecule has 0 unspecified atom stereocenters. The minimum absolute atomic E-state index is 0.0645. The molecule has 2 N–H and O–H groups in total. The first-order valence-electron chi connectivity index (χ1n) is 5.06. The second kappa shape index (κ2) is 4.37. The smallest absolute Gasteiger partial charge is 0.275 e. The molecule has 16 heavy (non-hydrogen) atoms. The lowest BCUT2D eigenvalue weighted by Gasteiger charge is -2.26. The SMILES string of the molecule is COc1cccc(C(F)(F)CC(C)(C)N)c1. The Morgan fingerprint density at radius 1 is 1.31 bits per heavy atom. The van der Waals surface area contributed by atoms with E-state index in [9.17, 15) is 8.78 Å². The highest BCUT2D eigenvalue weighted by molar-refractivity contribution is 5.31. The lowest BCUT2D eigenvalue weighted by atomic mass is 9.93. The zero-order chi connectivity index (χ0) is 12.4. The van der Waals surface area contributed by atoms with E-state index in [-0.39, 0.29) is 5.56 Å². The number of methoxy groups -OCH3 is 1. The summed E-state index contributed by atoms with van der Waals surface area (Å²) in [5.41, 5.74) is 4.64. The minimum atomic E-state index is -2.94. The van der Waals surface area contributed by atoms with E-state index in [0.29, 0.717) is 5.75 Å². The van der Waals surface area contributed by atoms with Gasteiger partial charge < -0.3 is 10.5 Å². The van der Waals surface area contributed by atoms with Crippen molar-refractivity contribution in [2.75, 3.05) is 7.11 Å². The van der Waals surface area contributed by atoms with Gasteiger partial charge in [-0.25, -0.2) is 8.78 Å². The van der Waals surface area contributed by atoms with Crippen LogP contribution in [0.4, 0.5) is 8.78 Å². The highest BCUT2D eigenvalue weighted by atomic mass is 19.3. The lowest BCUT2D eigenvalue weighted by Crippen LogP contribution is -2.38. The lowest BCUT2D eigenvalue weighted by molar-refractivity contribution is -0.0297. The Morgan fingerprint density at radius 3 is 2.44 bits per heavy atom. The topological polar surface area (TPSA) is 35.2 Å². The number of ether oxygens (including phenoxy) is 1. The first kappa shape index (κ1) is 12.9. The number of halogens is 2. The van der Waals surface area contributed by atoms with Gasteiger partial charge in [0.15, 0.2) is 0 Å². The van der Waals surface area contributed by atoms with Gasteiger partial charge in [0.2, 0.25) is 0 Å². The molecule has 1 aromatic carbocycles. The molecule has 0 spiro atoms. The van der Waals surface area contributed by atoms with Gasteiger partial charge in [-0.15, -0.1) is 0 Å². The molecule has 0 heterocycles. The molecule has 0 amide bonds. The monoisotopic (exact) mass is 229 g/mol.